The molecule has 1 fully saturated rings. The maximum atomic E-state index is 10.2. The van der Waals surface area contributed by atoms with Gasteiger partial charge in [-0.1, -0.05) is 31.3 Å². The summed E-state index contributed by atoms with van der Waals surface area (Å²) in [4.78, 5) is 15.0. The van der Waals surface area contributed by atoms with Crippen LogP contribution in [0.5, 0.6) is 0 Å². The molecule has 4 heteroatoms. The van der Waals surface area contributed by atoms with Gasteiger partial charge in [0, 0.05) is 5.41 Å². The Hall–Kier alpha value is -1.06. The van der Waals surface area contributed by atoms with Crippen molar-refractivity contribution in [2.24, 2.45) is 10.6 Å². The molecule has 1 aliphatic rings. The Morgan fingerprint density at radius 2 is 2.00 bits per heavy atom. The number of oxime groups is 1. The van der Waals surface area contributed by atoms with Crippen molar-refractivity contribution in [1.82, 2.24) is 0 Å². The summed E-state index contributed by atoms with van der Waals surface area (Å²) >= 11 is 0. The van der Waals surface area contributed by atoms with Gasteiger partial charge in [-0.3, -0.25) is 0 Å². The van der Waals surface area contributed by atoms with Gasteiger partial charge in [0.2, 0.25) is 6.61 Å². The third kappa shape index (κ3) is 3.53. The van der Waals surface area contributed by atoms with Crippen molar-refractivity contribution in [3.8, 4) is 0 Å². The lowest BCUT2D eigenvalue weighted by molar-refractivity contribution is -0.142. The van der Waals surface area contributed by atoms with Gasteiger partial charge in [-0.2, -0.15) is 0 Å². The molecule has 0 heterocycles. The standard InChI is InChI=1S/C11H19NO3/c1-9(12-15-8-10(13)14)11(2)6-4-3-5-7-11/h3-8H2,1-2H3,(H,13,14). The fraction of sp³-hybridized carbons (Fsp3) is 0.818. The van der Waals surface area contributed by atoms with Gasteiger partial charge >= 0.3 is 5.97 Å². The normalized spacial score (nSPS) is 21.1. The molecule has 0 spiro atoms. The predicted molar refractivity (Wildman–Crippen MR) is 57.9 cm³/mol. The molecule has 1 N–H and O–H groups in total. The zero-order chi connectivity index (χ0) is 11.3. The van der Waals surface area contributed by atoms with E-state index < -0.39 is 5.97 Å². The largest absolute Gasteiger partial charge is 0.479 e. The molecule has 0 aromatic rings. The van der Waals surface area contributed by atoms with E-state index in [1.54, 1.807) is 0 Å². The van der Waals surface area contributed by atoms with Gasteiger partial charge in [-0.15, -0.1) is 0 Å². The van der Waals surface area contributed by atoms with E-state index in [0.29, 0.717) is 0 Å². The maximum Gasteiger partial charge on any atom is 0.344 e. The van der Waals surface area contributed by atoms with Gasteiger partial charge in [0.15, 0.2) is 0 Å². The fourth-order valence-corrected chi connectivity index (χ4v) is 1.99. The first-order chi connectivity index (χ1) is 7.04. The molecule has 0 aromatic heterocycles. The fourth-order valence-electron chi connectivity index (χ4n) is 1.99. The van der Waals surface area contributed by atoms with Gasteiger partial charge in [-0.05, 0) is 19.8 Å². The highest BCUT2D eigenvalue weighted by Gasteiger charge is 2.30. The number of aliphatic carboxylic acids is 1. The topological polar surface area (TPSA) is 58.9 Å². The third-order valence-electron chi connectivity index (χ3n) is 3.22. The van der Waals surface area contributed by atoms with Crippen LogP contribution < -0.4 is 0 Å². The van der Waals surface area contributed by atoms with E-state index in [4.69, 9.17) is 9.94 Å². The number of hydrogen-bond acceptors (Lipinski definition) is 3. The van der Waals surface area contributed by atoms with Crippen LogP contribution in [0.25, 0.3) is 0 Å². The molecule has 0 amide bonds. The summed E-state index contributed by atoms with van der Waals surface area (Å²) in [5, 5.41) is 12.3. The Bertz CT molecular complexity index is 255. The molecule has 1 saturated carbocycles. The summed E-state index contributed by atoms with van der Waals surface area (Å²) in [6.07, 6.45) is 5.99. The number of nitrogens with zero attached hydrogens (tertiary/aromatic N) is 1. The zero-order valence-corrected chi connectivity index (χ0v) is 9.45. The lowest BCUT2D eigenvalue weighted by Gasteiger charge is -2.32. The lowest BCUT2D eigenvalue weighted by atomic mass is 9.73. The van der Waals surface area contributed by atoms with Crippen molar-refractivity contribution in [3.63, 3.8) is 0 Å². The molecule has 1 aliphatic carbocycles. The minimum atomic E-state index is -0.986. The highest BCUT2D eigenvalue weighted by atomic mass is 16.6. The highest BCUT2D eigenvalue weighted by Crippen LogP contribution is 2.36. The first-order valence-corrected chi connectivity index (χ1v) is 5.43. The van der Waals surface area contributed by atoms with E-state index in [0.717, 1.165) is 18.6 Å². The van der Waals surface area contributed by atoms with Crippen LogP contribution in [0.3, 0.4) is 0 Å². The van der Waals surface area contributed by atoms with Crippen LogP contribution in [0, 0.1) is 5.41 Å². The molecule has 0 aliphatic heterocycles. The van der Waals surface area contributed by atoms with Gasteiger partial charge < -0.3 is 9.94 Å². The molecule has 86 valence electrons. The van der Waals surface area contributed by atoms with Crippen LogP contribution in [-0.2, 0) is 9.63 Å². The zero-order valence-electron chi connectivity index (χ0n) is 9.45. The molecular formula is C11H19NO3. The van der Waals surface area contributed by atoms with E-state index in [9.17, 15) is 4.79 Å². The maximum absolute atomic E-state index is 10.2. The van der Waals surface area contributed by atoms with Crippen molar-refractivity contribution >= 4 is 11.7 Å². The van der Waals surface area contributed by atoms with E-state index in [-0.39, 0.29) is 12.0 Å². The number of rotatable bonds is 4. The summed E-state index contributed by atoms with van der Waals surface area (Å²) < 4.78 is 0. The SMILES string of the molecule is CC(=NOCC(=O)O)C1(C)CCCCC1. The summed E-state index contributed by atoms with van der Waals surface area (Å²) in [7, 11) is 0. The summed E-state index contributed by atoms with van der Waals surface area (Å²) in [5.41, 5.74) is 1.03. The van der Waals surface area contributed by atoms with E-state index in [1.165, 1.54) is 19.3 Å². The third-order valence-corrected chi connectivity index (χ3v) is 3.22. The summed E-state index contributed by atoms with van der Waals surface area (Å²) in [6.45, 7) is 3.75. The number of carboxylic acids is 1. The highest BCUT2D eigenvalue weighted by molar-refractivity contribution is 5.87. The molecule has 0 radical (unpaired) electrons. The minimum Gasteiger partial charge on any atom is -0.479 e. The van der Waals surface area contributed by atoms with Gasteiger partial charge in [0.05, 0.1) is 5.71 Å². The smallest absolute Gasteiger partial charge is 0.344 e. The second-order valence-electron chi connectivity index (χ2n) is 4.47. The Kier molecular flexibility index (Phi) is 4.12. The number of carbonyl (C=O) groups is 1. The van der Waals surface area contributed by atoms with Crippen molar-refractivity contribution in [2.45, 2.75) is 46.0 Å². The summed E-state index contributed by atoms with van der Waals surface area (Å²) in [5.74, 6) is -0.986. The molecule has 0 atom stereocenters. The Morgan fingerprint density at radius 3 is 2.53 bits per heavy atom. The number of carboxylic acid groups (broad SMARTS) is 1. The van der Waals surface area contributed by atoms with Gasteiger partial charge in [-0.25, -0.2) is 4.79 Å². The second kappa shape index (κ2) is 5.14. The Morgan fingerprint density at radius 1 is 1.40 bits per heavy atom. The van der Waals surface area contributed by atoms with E-state index in [1.807, 2.05) is 6.92 Å². The second-order valence-corrected chi connectivity index (χ2v) is 4.47. The van der Waals surface area contributed by atoms with Crippen LogP contribution in [0.2, 0.25) is 0 Å². The van der Waals surface area contributed by atoms with Crippen LogP contribution in [-0.4, -0.2) is 23.4 Å². The van der Waals surface area contributed by atoms with Crippen LogP contribution in [0.15, 0.2) is 5.16 Å². The summed E-state index contributed by atoms with van der Waals surface area (Å²) in [6, 6.07) is 0. The van der Waals surface area contributed by atoms with Gasteiger partial charge in [0.25, 0.3) is 0 Å². The lowest BCUT2D eigenvalue weighted by Crippen LogP contribution is -2.28. The molecule has 0 saturated heterocycles. The van der Waals surface area contributed by atoms with Crippen LogP contribution >= 0.6 is 0 Å². The minimum absolute atomic E-state index is 0.108. The van der Waals surface area contributed by atoms with E-state index in [2.05, 4.69) is 12.1 Å². The van der Waals surface area contributed by atoms with Crippen molar-refractivity contribution in [3.05, 3.63) is 0 Å². The molecule has 15 heavy (non-hydrogen) atoms. The van der Waals surface area contributed by atoms with Gasteiger partial charge in [0.1, 0.15) is 0 Å². The van der Waals surface area contributed by atoms with Crippen molar-refractivity contribution < 1.29 is 14.7 Å². The average molecular weight is 213 g/mol. The van der Waals surface area contributed by atoms with Crippen molar-refractivity contribution in [1.29, 1.82) is 0 Å². The molecule has 0 unspecified atom stereocenters. The van der Waals surface area contributed by atoms with Crippen LogP contribution in [0.4, 0.5) is 0 Å². The predicted octanol–water partition coefficient (Wildman–Crippen LogP) is 2.43. The first kappa shape index (κ1) is 12.0. The molecular weight excluding hydrogens is 194 g/mol. The number of hydrogen-bond donors (Lipinski definition) is 1. The van der Waals surface area contributed by atoms with Crippen molar-refractivity contribution in [2.75, 3.05) is 6.61 Å². The Labute approximate surface area is 90.3 Å². The first-order valence-electron chi connectivity index (χ1n) is 5.43. The molecule has 0 bridgehead atoms. The quantitative estimate of drug-likeness (QED) is 0.576. The Balaban J connectivity index is 2.49. The van der Waals surface area contributed by atoms with Crippen LogP contribution in [0.1, 0.15) is 46.0 Å². The molecule has 1 rings (SSSR count). The average Bonchev–Trinajstić information content (AvgIpc) is 2.18. The molecule has 0 aromatic carbocycles. The molecule has 4 nitrogen and oxygen atoms in total. The monoisotopic (exact) mass is 213 g/mol. The van der Waals surface area contributed by atoms with E-state index >= 15 is 0 Å².